The number of methoxy groups -OCH3 is 1. The predicted molar refractivity (Wildman–Crippen MR) is 83.9 cm³/mol. The Labute approximate surface area is 126 Å². The zero-order chi connectivity index (χ0) is 15.5. The number of nitrogens with one attached hydrogen (secondary N) is 1. The van der Waals surface area contributed by atoms with Gasteiger partial charge in [-0.25, -0.2) is 0 Å². The fourth-order valence-corrected chi connectivity index (χ4v) is 3.25. The van der Waals surface area contributed by atoms with E-state index in [2.05, 4.69) is 5.32 Å². The van der Waals surface area contributed by atoms with Gasteiger partial charge < -0.3 is 14.8 Å². The molecule has 0 aromatic heterocycles. The first-order valence-corrected chi connectivity index (χ1v) is 7.63. The largest absolute Gasteiger partial charge is 0.496 e. The van der Waals surface area contributed by atoms with E-state index in [9.17, 15) is 4.79 Å². The average Bonchev–Trinajstić information content (AvgIpc) is 2.89. The van der Waals surface area contributed by atoms with Crippen LogP contribution in [0.15, 0.2) is 12.1 Å². The van der Waals surface area contributed by atoms with Crippen molar-refractivity contribution in [2.75, 3.05) is 19.0 Å². The minimum Gasteiger partial charge on any atom is -0.496 e. The van der Waals surface area contributed by atoms with Gasteiger partial charge in [0, 0.05) is 12.3 Å². The Bertz CT molecular complexity index is 496. The van der Waals surface area contributed by atoms with Gasteiger partial charge in [-0.1, -0.05) is 0 Å². The summed E-state index contributed by atoms with van der Waals surface area (Å²) < 4.78 is 11.1. The van der Waals surface area contributed by atoms with Gasteiger partial charge in [-0.15, -0.1) is 0 Å². The molecule has 0 spiro atoms. The van der Waals surface area contributed by atoms with Crippen LogP contribution in [0.25, 0.3) is 0 Å². The Kier molecular flexibility index (Phi) is 4.88. The van der Waals surface area contributed by atoms with Gasteiger partial charge in [0.25, 0.3) is 5.91 Å². The second-order valence-corrected chi connectivity index (χ2v) is 5.73. The van der Waals surface area contributed by atoms with Gasteiger partial charge in [-0.05, 0) is 69.7 Å². The van der Waals surface area contributed by atoms with E-state index >= 15 is 0 Å². The van der Waals surface area contributed by atoms with Crippen LogP contribution in [-0.2, 0) is 9.53 Å². The summed E-state index contributed by atoms with van der Waals surface area (Å²) in [5.74, 6) is 0.846. The molecule has 0 bridgehead atoms. The van der Waals surface area contributed by atoms with Gasteiger partial charge in [0.05, 0.1) is 7.11 Å². The lowest BCUT2D eigenvalue weighted by Gasteiger charge is -2.27. The second kappa shape index (κ2) is 6.48. The number of carbonyl (C=O) groups is 1. The van der Waals surface area contributed by atoms with Crippen molar-refractivity contribution in [1.82, 2.24) is 0 Å². The first-order chi connectivity index (χ1) is 10.0. The molecule has 2 rings (SSSR count). The third-order valence-electron chi connectivity index (χ3n) is 4.17. The molecule has 116 valence electrons. The molecule has 1 amide bonds. The molecule has 0 atom stereocenters. The molecule has 0 radical (unpaired) electrons. The molecule has 1 saturated carbocycles. The van der Waals surface area contributed by atoms with Crippen molar-refractivity contribution in [1.29, 1.82) is 0 Å². The van der Waals surface area contributed by atoms with Gasteiger partial charge in [-0.2, -0.15) is 0 Å². The van der Waals surface area contributed by atoms with Gasteiger partial charge in [-0.3, -0.25) is 4.79 Å². The first kappa shape index (κ1) is 15.8. The van der Waals surface area contributed by atoms with E-state index < -0.39 is 5.60 Å². The Hall–Kier alpha value is -1.55. The molecule has 4 nitrogen and oxygen atoms in total. The summed E-state index contributed by atoms with van der Waals surface area (Å²) in [4.78, 5) is 12.6. The SMILES string of the molecule is CCOC1(C(=O)Nc2cc(C)c(OC)c(C)c2)CCCC1. The minimum atomic E-state index is -0.642. The normalized spacial score (nSPS) is 16.8. The highest BCUT2D eigenvalue weighted by molar-refractivity contribution is 5.97. The summed E-state index contributed by atoms with van der Waals surface area (Å²) in [6.07, 6.45) is 3.71. The van der Waals surface area contributed by atoms with Crippen molar-refractivity contribution in [3.63, 3.8) is 0 Å². The molecule has 0 heterocycles. The fraction of sp³-hybridized carbons (Fsp3) is 0.588. The molecule has 0 unspecified atom stereocenters. The Morgan fingerprint density at radius 3 is 2.29 bits per heavy atom. The van der Waals surface area contributed by atoms with Crippen LogP contribution >= 0.6 is 0 Å². The number of aryl methyl sites for hydroxylation is 2. The van der Waals surface area contributed by atoms with E-state index in [1.54, 1.807) is 7.11 Å². The van der Waals surface area contributed by atoms with E-state index in [1.165, 1.54) is 0 Å². The molecule has 0 saturated heterocycles. The van der Waals surface area contributed by atoms with E-state index in [-0.39, 0.29) is 5.91 Å². The van der Waals surface area contributed by atoms with Crippen LogP contribution < -0.4 is 10.1 Å². The molecule has 1 aromatic carbocycles. The number of hydrogen-bond donors (Lipinski definition) is 1. The summed E-state index contributed by atoms with van der Waals surface area (Å²) in [6.45, 7) is 6.47. The van der Waals surface area contributed by atoms with Crippen LogP contribution in [0.1, 0.15) is 43.7 Å². The molecular weight excluding hydrogens is 266 g/mol. The Balaban J connectivity index is 2.19. The van der Waals surface area contributed by atoms with Crippen LogP contribution in [0.3, 0.4) is 0 Å². The second-order valence-electron chi connectivity index (χ2n) is 5.73. The van der Waals surface area contributed by atoms with Gasteiger partial charge in [0.2, 0.25) is 0 Å². The number of hydrogen-bond acceptors (Lipinski definition) is 3. The molecule has 21 heavy (non-hydrogen) atoms. The van der Waals surface area contributed by atoms with Crippen LogP contribution in [-0.4, -0.2) is 25.2 Å². The summed E-state index contributed by atoms with van der Waals surface area (Å²) >= 11 is 0. The number of rotatable bonds is 5. The molecule has 4 heteroatoms. The van der Waals surface area contributed by atoms with Crippen LogP contribution in [0.2, 0.25) is 0 Å². The van der Waals surface area contributed by atoms with Crippen molar-refractivity contribution in [3.8, 4) is 5.75 Å². The molecule has 1 fully saturated rings. The average molecular weight is 291 g/mol. The molecule has 1 aliphatic carbocycles. The number of amides is 1. The highest BCUT2D eigenvalue weighted by Gasteiger charge is 2.42. The summed E-state index contributed by atoms with van der Waals surface area (Å²) in [5.41, 5.74) is 2.20. The molecule has 1 N–H and O–H groups in total. The molecule has 0 aliphatic heterocycles. The zero-order valence-corrected chi connectivity index (χ0v) is 13.4. The highest BCUT2D eigenvalue weighted by Crippen LogP contribution is 2.35. The lowest BCUT2D eigenvalue weighted by Crippen LogP contribution is -2.43. The molecule has 1 aromatic rings. The van der Waals surface area contributed by atoms with E-state index in [4.69, 9.17) is 9.47 Å². The lowest BCUT2D eigenvalue weighted by molar-refractivity contribution is -0.140. The first-order valence-electron chi connectivity index (χ1n) is 7.63. The minimum absolute atomic E-state index is 0.0224. The number of anilines is 1. The Morgan fingerprint density at radius 2 is 1.81 bits per heavy atom. The van der Waals surface area contributed by atoms with Crippen LogP contribution in [0.5, 0.6) is 5.75 Å². The maximum atomic E-state index is 12.6. The molecular formula is C17H25NO3. The predicted octanol–water partition coefficient (Wildman–Crippen LogP) is 3.60. The summed E-state index contributed by atoms with van der Waals surface area (Å²) in [5, 5.41) is 3.02. The van der Waals surface area contributed by atoms with Crippen molar-refractivity contribution >= 4 is 11.6 Å². The smallest absolute Gasteiger partial charge is 0.256 e. The van der Waals surface area contributed by atoms with E-state index in [1.807, 2.05) is 32.9 Å². The summed E-state index contributed by atoms with van der Waals surface area (Å²) in [7, 11) is 1.66. The maximum absolute atomic E-state index is 12.6. The van der Waals surface area contributed by atoms with Crippen LogP contribution in [0, 0.1) is 13.8 Å². The lowest BCUT2D eigenvalue weighted by atomic mass is 10.0. The topological polar surface area (TPSA) is 47.6 Å². The van der Waals surface area contributed by atoms with Gasteiger partial charge in [0.15, 0.2) is 0 Å². The van der Waals surface area contributed by atoms with Crippen molar-refractivity contribution in [2.24, 2.45) is 0 Å². The van der Waals surface area contributed by atoms with Crippen molar-refractivity contribution in [2.45, 2.75) is 52.1 Å². The van der Waals surface area contributed by atoms with Crippen molar-refractivity contribution < 1.29 is 14.3 Å². The zero-order valence-electron chi connectivity index (χ0n) is 13.4. The standard InChI is InChI=1S/C17H25NO3/c1-5-21-17(8-6-7-9-17)16(19)18-14-10-12(2)15(20-4)13(3)11-14/h10-11H,5-9H2,1-4H3,(H,18,19). The van der Waals surface area contributed by atoms with Crippen molar-refractivity contribution in [3.05, 3.63) is 23.3 Å². The van der Waals surface area contributed by atoms with E-state index in [0.717, 1.165) is 48.2 Å². The molecule has 1 aliphatic rings. The number of benzene rings is 1. The van der Waals surface area contributed by atoms with E-state index in [0.29, 0.717) is 6.61 Å². The monoisotopic (exact) mass is 291 g/mol. The number of carbonyl (C=O) groups excluding carboxylic acids is 1. The summed E-state index contributed by atoms with van der Waals surface area (Å²) in [6, 6.07) is 3.89. The quantitative estimate of drug-likeness (QED) is 0.901. The third-order valence-corrected chi connectivity index (χ3v) is 4.17. The fourth-order valence-electron chi connectivity index (χ4n) is 3.25. The highest BCUT2D eigenvalue weighted by atomic mass is 16.5. The maximum Gasteiger partial charge on any atom is 0.256 e. The van der Waals surface area contributed by atoms with Gasteiger partial charge >= 0.3 is 0 Å². The van der Waals surface area contributed by atoms with Crippen LogP contribution in [0.4, 0.5) is 5.69 Å². The number of ether oxygens (including phenoxy) is 2. The van der Waals surface area contributed by atoms with Gasteiger partial charge in [0.1, 0.15) is 11.4 Å². The Morgan fingerprint density at radius 1 is 1.24 bits per heavy atom. The third kappa shape index (κ3) is 3.21.